The van der Waals surface area contributed by atoms with E-state index in [1.807, 2.05) is 24.3 Å². The smallest absolute Gasteiger partial charge is 0.353 e. The van der Waals surface area contributed by atoms with Gasteiger partial charge in [-0.3, -0.25) is 9.59 Å². The van der Waals surface area contributed by atoms with Crippen molar-refractivity contribution in [2.45, 2.75) is 11.8 Å². The summed E-state index contributed by atoms with van der Waals surface area (Å²) in [5.41, 5.74) is 4.81. The van der Waals surface area contributed by atoms with Gasteiger partial charge in [0.05, 0.1) is 17.5 Å². The molecule has 0 spiro atoms. The lowest BCUT2D eigenvalue weighted by Gasteiger charge is -2.45. The summed E-state index contributed by atoms with van der Waals surface area (Å²) < 4.78 is 5.67. The van der Waals surface area contributed by atoms with Gasteiger partial charge >= 0.3 is 5.97 Å². The van der Waals surface area contributed by atoms with E-state index < -0.39 is 17.8 Å². The van der Waals surface area contributed by atoms with Crippen molar-refractivity contribution in [3.63, 3.8) is 0 Å². The zero-order valence-electron chi connectivity index (χ0n) is 18.5. The highest BCUT2D eigenvalue weighted by molar-refractivity contribution is 7.12. The molecule has 3 aliphatic carbocycles. The summed E-state index contributed by atoms with van der Waals surface area (Å²) in [5.74, 6) is -2.12. The minimum Gasteiger partial charge on any atom is -0.420 e. The highest BCUT2D eigenvalue weighted by atomic mass is 32.1. The van der Waals surface area contributed by atoms with Gasteiger partial charge in [-0.2, -0.15) is 0 Å². The molecule has 1 saturated heterocycles. The molecule has 0 unspecified atom stereocenters. The van der Waals surface area contributed by atoms with E-state index in [2.05, 4.69) is 24.3 Å². The number of rotatable bonds is 3. The lowest BCUT2D eigenvalue weighted by atomic mass is 9.55. The number of thiophene rings is 1. The van der Waals surface area contributed by atoms with Crippen LogP contribution in [0.3, 0.4) is 0 Å². The summed E-state index contributed by atoms with van der Waals surface area (Å²) >= 11 is 1.28. The monoisotopic (exact) mass is 477 g/mol. The summed E-state index contributed by atoms with van der Waals surface area (Å²) in [5, 5.41) is 1.80. The summed E-state index contributed by atoms with van der Waals surface area (Å²) in [6, 6.07) is 26.5. The van der Waals surface area contributed by atoms with Gasteiger partial charge in [0.15, 0.2) is 5.75 Å². The van der Waals surface area contributed by atoms with E-state index in [1.165, 1.54) is 16.2 Å². The molecule has 35 heavy (non-hydrogen) atoms. The molecular formula is C29H19NO4S. The van der Waals surface area contributed by atoms with Gasteiger partial charge in [0.1, 0.15) is 4.88 Å². The molecule has 4 aromatic rings. The second kappa shape index (κ2) is 7.48. The number of carbonyl (C=O) groups excluding carboxylic acids is 3. The maximum absolute atomic E-state index is 14.0. The fourth-order valence-corrected chi connectivity index (χ4v) is 6.79. The Hall–Kier alpha value is -4.03. The molecule has 1 aromatic heterocycles. The highest BCUT2D eigenvalue weighted by Crippen LogP contribution is 2.61. The molecule has 1 fully saturated rings. The van der Waals surface area contributed by atoms with Crippen LogP contribution in [0.2, 0.25) is 0 Å². The third-order valence-corrected chi connectivity index (χ3v) is 8.33. The predicted molar refractivity (Wildman–Crippen MR) is 132 cm³/mol. The van der Waals surface area contributed by atoms with Crippen molar-refractivity contribution in [3.05, 3.63) is 117 Å². The van der Waals surface area contributed by atoms with Gasteiger partial charge in [0.2, 0.25) is 11.8 Å². The van der Waals surface area contributed by atoms with E-state index in [0.29, 0.717) is 10.6 Å². The first-order valence-electron chi connectivity index (χ1n) is 11.6. The number of para-hydroxylation sites is 2. The van der Waals surface area contributed by atoms with Crippen molar-refractivity contribution in [1.82, 2.24) is 0 Å². The first-order valence-corrected chi connectivity index (χ1v) is 12.4. The van der Waals surface area contributed by atoms with Crippen LogP contribution in [0.15, 0.2) is 90.3 Å². The van der Waals surface area contributed by atoms with E-state index in [4.69, 9.17) is 4.74 Å². The Labute approximate surface area is 205 Å². The summed E-state index contributed by atoms with van der Waals surface area (Å²) in [6.45, 7) is 0. The van der Waals surface area contributed by atoms with Crippen molar-refractivity contribution in [1.29, 1.82) is 0 Å². The molecule has 2 amide bonds. The van der Waals surface area contributed by atoms with E-state index in [9.17, 15) is 14.4 Å². The highest BCUT2D eigenvalue weighted by Gasteiger charge is 2.62. The molecule has 8 rings (SSSR count). The quantitative estimate of drug-likeness (QED) is 0.226. The van der Waals surface area contributed by atoms with Crippen LogP contribution in [0.25, 0.3) is 0 Å². The minimum atomic E-state index is -0.510. The van der Waals surface area contributed by atoms with Crippen molar-refractivity contribution in [2.75, 3.05) is 4.90 Å². The third kappa shape index (κ3) is 2.77. The van der Waals surface area contributed by atoms with Gasteiger partial charge in [-0.1, -0.05) is 66.7 Å². The molecule has 0 N–H and O–H groups in total. The van der Waals surface area contributed by atoms with Crippen molar-refractivity contribution < 1.29 is 19.1 Å². The van der Waals surface area contributed by atoms with Gasteiger partial charge in [-0.25, -0.2) is 9.69 Å². The van der Waals surface area contributed by atoms with E-state index in [0.717, 1.165) is 22.3 Å². The largest absolute Gasteiger partial charge is 0.420 e. The molecule has 170 valence electrons. The van der Waals surface area contributed by atoms with Crippen LogP contribution < -0.4 is 9.64 Å². The van der Waals surface area contributed by atoms with Crippen LogP contribution in [0.4, 0.5) is 5.69 Å². The molecule has 4 aliphatic rings. The minimum absolute atomic E-state index is 0.181. The molecule has 5 nitrogen and oxygen atoms in total. The Bertz CT molecular complexity index is 1410. The first-order chi connectivity index (χ1) is 17.1. The van der Waals surface area contributed by atoms with Crippen LogP contribution in [0, 0.1) is 11.8 Å². The molecule has 2 heterocycles. The number of imide groups is 1. The second-order valence-electron chi connectivity index (χ2n) is 9.11. The van der Waals surface area contributed by atoms with Crippen molar-refractivity contribution in [2.24, 2.45) is 11.8 Å². The average Bonchev–Trinajstić information content (AvgIpc) is 3.52. The number of hydrogen-bond acceptors (Lipinski definition) is 5. The zero-order valence-corrected chi connectivity index (χ0v) is 19.3. The van der Waals surface area contributed by atoms with Crippen LogP contribution in [-0.2, 0) is 9.59 Å². The predicted octanol–water partition coefficient (Wildman–Crippen LogP) is 5.36. The van der Waals surface area contributed by atoms with Crippen molar-refractivity contribution in [3.8, 4) is 5.75 Å². The van der Waals surface area contributed by atoms with E-state index in [1.54, 1.807) is 41.8 Å². The Balaban J connectivity index is 1.34. The molecule has 2 bridgehead atoms. The Kier molecular flexibility index (Phi) is 4.35. The lowest BCUT2D eigenvalue weighted by Crippen LogP contribution is -2.41. The van der Waals surface area contributed by atoms with Crippen LogP contribution in [-0.4, -0.2) is 17.8 Å². The van der Waals surface area contributed by atoms with Crippen LogP contribution >= 0.6 is 11.3 Å². The number of ether oxygens (including phenoxy) is 1. The second-order valence-corrected chi connectivity index (χ2v) is 10.1. The van der Waals surface area contributed by atoms with Crippen molar-refractivity contribution >= 4 is 34.8 Å². The molecular weight excluding hydrogens is 458 g/mol. The zero-order chi connectivity index (χ0) is 23.7. The normalized spacial score (nSPS) is 23.6. The Morgan fingerprint density at radius 3 is 1.71 bits per heavy atom. The van der Waals surface area contributed by atoms with Crippen LogP contribution in [0.1, 0.15) is 43.8 Å². The van der Waals surface area contributed by atoms with Gasteiger partial charge in [0.25, 0.3) is 0 Å². The number of nitrogens with zero attached hydrogens (tertiary/aromatic N) is 1. The van der Waals surface area contributed by atoms with E-state index in [-0.39, 0.29) is 29.4 Å². The van der Waals surface area contributed by atoms with Gasteiger partial charge in [0, 0.05) is 11.8 Å². The maximum atomic E-state index is 14.0. The summed E-state index contributed by atoms with van der Waals surface area (Å²) in [4.78, 5) is 42.4. The lowest BCUT2D eigenvalue weighted by molar-refractivity contribution is -0.122. The Morgan fingerprint density at radius 2 is 1.20 bits per heavy atom. The maximum Gasteiger partial charge on any atom is 0.353 e. The molecule has 0 radical (unpaired) electrons. The first kappa shape index (κ1) is 20.4. The van der Waals surface area contributed by atoms with Gasteiger partial charge in [-0.05, 0) is 45.8 Å². The SMILES string of the molecule is O=C(Oc1ccccc1N1C(=O)[C@H]2C3c4ccccc4C(c4ccccc43)[C@@H]2C1=O)c1cccs1. The van der Waals surface area contributed by atoms with E-state index >= 15 is 0 Å². The topological polar surface area (TPSA) is 63.7 Å². The fourth-order valence-electron chi connectivity index (χ4n) is 6.19. The molecule has 6 heteroatoms. The van der Waals surface area contributed by atoms with Gasteiger partial charge in [-0.15, -0.1) is 11.3 Å². The molecule has 3 aromatic carbocycles. The summed E-state index contributed by atoms with van der Waals surface area (Å²) in [6.07, 6.45) is 0. The van der Waals surface area contributed by atoms with Crippen LogP contribution in [0.5, 0.6) is 5.75 Å². The fraction of sp³-hybridized carbons (Fsp3) is 0.138. The molecule has 0 saturated carbocycles. The standard InChI is InChI=1S/C29H19NO4S/c31-27-25-23-16-8-1-2-9-17(16)24(19-11-4-3-10-18(19)23)26(25)28(32)30(27)20-12-5-6-13-21(20)34-29(33)22-14-7-15-35-22/h1-15,23-26H/t23?,24?,25-,26-/m0/s1. The summed E-state index contributed by atoms with van der Waals surface area (Å²) in [7, 11) is 0. The molecule has 1 aliphatic heterocycles. The number of hydrogen-bond donors (Lipinski definition) is 0. The average molecular weight is 478 g/mol. The number of amides is 2. The number of anilines is 1. The number of carbonyl (C=O) groups is 3. The number of benzene rings is 3. The third-order valence-electron chi connectivity index (χ3n) is 7.48. The molecule has 2 atom stereocenters. The Morgan fingerprint density at radius 1 is 0.686 bits per heavy atom. The van der Waals surface area contributed by atoms with Gasteiger partial charge < -0.3 is 4.74 Å². The number of esters is 1.